The number of sulfone groups is 1. The van der Waals surface area contributed by atoms with Gasteiger partial charge in [-0.15, -0.1) is 0 Å². The lowest BCUT2D eigenvalue weighted by Crippen LogP contribution is -2.17. The molecule has 94 valence electrons. The molecule has 2 aliphatic rings. The van der Waals surface area contributed by atoms with E-state index in [0.717, 1.165) is 18.5 Å². The molecule has 1 aliphatic carbocycles. The highest BCUT2D eigenvalue weighted by atomic mass is 32.2. The number of aliphatic hydroxyl groups excluding tert-OH is 1. The highest BCUT2D eigenvalue weighted by molar-refractivity contribution is 7.91. The van der Waals surface area contributed by atoms with Crippen LogP contribution in [-0.2, 0) is 9.84 Å². The minimum Gasteiger partial charge on any atom is -0.386 e. The Balaban J connectivity index is 1.81. The lowest BCUT2D eigenvalue weighted by molar-refractivity contribution is 0.112. The Bertz CT molecular complexity index is 519. The second-order valence-corrected chi connectivity index (χ2v) is 7.29. The van der Waals surface area contributed by atoms with Gasteiger partial charge in [0.15, 0.2) is 9.84 Å². The van der Waals surface area contributed by atoms with E-state index in [4.69, 9.17) is 0 Å². The summed E-state index contributed by atoms with van der Waals surface area (Å²) in [4.78, 5) is 4.07. The Hall–Kier alpha value is -0.880. The van der Waals surface area contributed by atoms with E-state index in [-0.39, 0.29) is 17.4 Å². The van der Waals surface area contributed by atoms with Gasteiger partial charge in [-0.3, -0.25) is 0 Å². The Morgan fingerprint density at radius 2 is 2.18 bits per heavy atom. The van der Waals surface area contributed by atoms with Crippen molar-refractivity contribution in [3.05, 3.63) is 18.2 Å². The summed E-state index contributed by atoms with van der Waals surface area (Å²) < 4.78 is 24.8. The number of hydrogen-bond donors (Lipinski definition) is 1. The first kappa shape index (κ1) is 11.2. The number of hydrogen-bond acceptors (Lipinski definition) is 4. The Labute approximate surface area is 100 Å². The van der Waals surface area contributed by atoms with Gasteiger partial charge in [-0.2, -0.15) is 0 Å². The van der Waals surface area contributed by atoms with Gasteiger partial charge >= 0.3 is 0 Å². The molecule has 5 nitrogen and oxygen atoms in total. The van der Waals surface area contributed by atoms with Crippen LogP contribution in [0.2, 0.25) is 0 Å². The molecule has 2 atom stereocenters. The molecule has 1 aromatic rings. The normalized spacial score (nSPS) is 29.4. The van der Waals surface area contributed by atoms with Gasteiger partial charge in [0.2, 0.25) is 0 Å². The first-order valence-corrected chi connectivity index (χ1v) is 7.79. The fourth-order valence-electron chi connectivity index (χ4n) is 2.52. The van der Waals surface area contributed by atoms with Crippen molar-refractivity contribution in [3.8, 4) is 0 Å². The van der Waals surface area contributed by atoms with Crippen molar-refractivity contribution in [1.82, 2.24) is 9.55 Å². The highest BCUT2D eigenvalue weighted by Crippen LogP contribution is 2.39. The quantitative estimate of drug-likeness (QED) is 0.863. The van der Waals surface area contributed by atoms with E-state index in [1.54, 1.807) is 12.5 Å². The molecule has 17 heavy (non-hydrogen) atoms. The van der Waals surface area contributed by atoms with Gasteiger partial charge in [0.25, 0.3) is 0 Å². The van der Waals surface area contributed by atoms with Gasteiger partial charge in [-0.05, 0) is 19.3 Å². The van der Waals surface area contributed by atoms with Crippen molar-refractivity contribution < 1.29 is 13.5 Å². The van der Waals surface area contributed by atoms with Gasteiger partial charge in [-0.25, -0.2) is 13.4 Å². The van der Waals surface area contributed by atoms with Crippen LogP contribution < -0.4 is 0 Å². The van der Waals surface area contributed by atoms with E-state index in [1.165, 1.54) is 0 Å². The molecule has 1 saturated heterocycles. The van der Waals surface area contributed by atoms with Gasteiger partial charge in [-0.1, -0.05) is 0 Å². The minimum atomic E-state index is -2.94. The second kappa shape index (κ2) is 3.81. The number of aliphatic hydroxyl groups is 1. The van der Waals surface area contributed by atoms with Crippen LogP contribution in [0.5, 0.6) is 0 Å². The molecular weight excluding hydrogens is 240 g/mol. The number of aromatic nitrogens is 2. The van der Waals surface area contributed by atoms with E-state index in [2.05, 4.69) is 4.98 Å². The zero-order valence-corrected chi connectivity index (χ0v) is 10.3. The number of rotatable bonds is 3. The molecule has 1 N–H and O–H groups in total. The van der Waals surface area contributed by atoms with Gasteiger partial charge in [0.1, 0.15) is 0 Å². The molecule has 0 spiro atoms. The maximum absolute atomic E-state index is 11.4. The van der Waals surface area contributed by atoms with Gasteiger partial charge in [0.05, 0.1) is 35.8 Å². The number of nitrogens with zero attached hydrogens (tertiary/aromatic N) is 2. The molecule has 1 aliphatic heterocycles. The monoisotopic (exact) mass is 256 g/mol. The van der Waals surface area contributed by atoms with Crippen LogP contribution >= 0.6 is 0 Å². The van der Waals surface area contributed by atoms with Crippen LogP contribution in [0.25, 0.3) is 0 Å². The van der Waals surface area contributed by atoms with E-state index < -0.39 is 15.9 Å². The SMILES string of the molecule is O=S1(=O)CCC(C(O)c2cncn2C2CC2)C1. The van der Waals surface area contributed by atoms with Crippen LogP contribution in [0.1, 0.15) is 37.1 Å². The summed E-state index contributed by atoms with van der Waals surface area (Å²) in [5.41, 5.74) is 0.773. The summed E-state index contributed by atoms with van der Waals surface area (Å²) in [5.74, 6) is 0.130. The average molecular weight is 256 g/mol. The third-order valence-electron chi connectivity index (χ3n) is 3.65. The average Bonchev–Trinajstić information content (AvgIpc) is 2.89. The lowest BCUT2D eigenvalue weighted by Gasteiger charge is -2.18. The van der Waals surface area contributed by atoms with E-state index in [1.807, 2.05) is 4.57 Å². The molecule has 2 unspecified atom stereocenters. The third-order valence-corrected chi connectivity index (χ3v) is 5.45. The largest absolute Gasteiger partial charge is 0.386 e. The summed E-state index contributed by atoms with van der Waals surface area (Å²) in [7, 11) is -2.94. The Morgan fingerprint density at radius 1 is 1.41 bits per heavy atom. The standard InChI is InChI=1S/C11H16N2O3S/c14-11(8-3-4-17(15,16)6-8)10-5-12-7-13(10)9-1-2-9/h5,7-9,11,14H,1-4,6H2. The summed E-state index contributed by atoms with van der Waals surface area (Å²) in [6, 6.07) is 0.458. The topological polar surface area (TPSA) is 72.2 Å². The van der Waals surface area contributed by atoms with Crippen molar-refractivity contribution in [2.24, 2.45) is 5.92 Å². The molecule has 1 aromatic heterocycles. The maximum atomic E-state index is 11.4. The Morgan fingerprint density at radius 3 is 2.76 bits per heavy atom. The van der Waals surface area contributed by atoms with Crippen LogP contribution in [0.4, 0.5) is 0 Å². The fourth-order valence-corrected chi connectivity index (χ4v) is 4.35. The molecule has 3 rings (SSSR count). The molecule has 6 heteroatoms. The van der Waals surface area contributed by atoms with Crippen molar-refractivity contribution >= 4 is 9.84 Å². The van der Waals surface area contributed by atoms with Crippen molar-refractivity contribution in [1.29, 1.82) is 0 Å². The zero-order chi connectivity index (χ0) is 12.0. The molecule has 0 amide bonds. The second-order valence-electron chi connectivity index (χ2n) is 5.06. The molecule has 1 saturated carbocycles. The lowest BCUT2D eigenvalue weighted by atomic mass is 9.99. The summed E-state index contributed by atoms with van der Waals surface area (Å²) in [5, 5.41) is 10.3. The molecule has 0 bridgehead atoms. The number of imidazole rings is 1. The predicted octanol–water partition coefficient (Wildman–Crippen LogP) is 0.686. The van der Waals surface area contributed by atoms with Crippen LogP contribution in [0, 0.1) is 5.92 Å². The molecule has 2 fully saturated rings. The van der Waals surface area contributed by atoms with Crippen LogP contribution in [0.15, 0.2) is 12.5 Å². The van der Waals surface area contributed by atoms with E-state index in [0.29, 0.717) is 12.5 Å². The fraction of sp³-hybridized carbons (Fsp3) is 0.727. The molecular formula is C11H16N2O3S. The maximum Gasteiger partial charge on any atom is 0.150 e. The zero-order valence-electron chi connectivity index (χ0n) is 9.49. The molecule has 2 heterocycles. The molecule has 0 radical (unpaired) electrons. The minimum absolute atomic E-state index is 0.101. The third kappa shape index (κ3) is 2.11. The Kier molecular flexibility index (Phi) is 2.52. The van der Waals surface area contributed by atoms with E-state index >= 15 is 0 Å². The molecule has 0 aromatic carbocycles. The summed E-state index contributed by atoms with van der Waals surface area (Å²) in [6.45, 7) is 0. The van der Waals surface area contributed by atoms with Crippen LogP contribution in [0.3, 0.4) is 0 Å². The van der Waals surface area contributed by atoms with Crippen LogP contribution in [-0.4, -0.2) is 34.6 Å². The van der Waals surface area contributed by atoms with E-state index in [9.17, 15) is 13.5 Å². The predicted molar refractivity (Wildman–Crippen MR) is 62.2 cm³/mol. The van der Waals surface area contributed by atoms with Crippen molar-refractivity contribution in [2.45, 2.75) is 31.4 Å². The smallest absolute Gasteiger partial charge is 0.150 e. The van der Waals surface area contributed by atoms with Crippen molar-refractivity contribution in [3.63, 3.8) is 0 Å². The van der Waals surface area contributed by atoms with Gasteiger partial charge < -0.3 is 9.67 Å². The first-order chi connectivity index (χ1) is 8.07. The van der Waals surface area contributed by atoms with Crippen molar-refractivity contribution in [2.75, 3.05) is 11.5 Å². The first-order valence-electron chi connectivity index (χ1n) is 5.97. The van der Waals surface area contributed by atoms with Gasteiger partial charge in [0, 0.05) is 12.0 Å². The summed E-state index contributed by atoms with van der Waals surface area (Å²) in [6.07, 6.45) is 5.50. The summed E-state index contributed by atoms with van der Waals surface area (Å²) >= 11 is 0. The highest BCUT2D eigenvalue weighted by Gasteiger charge is 2.36.